The first-order valence-corrected chi connectivity index (χ1v) is 28.8. The summed E-state index contributed by atoms with van der Waals surface area (Å²) in [6.45, 7) is 6.37. The van der Waals surface area contributed by atoms with E-state index in [4.69, 9.17) is 51.7 Å². The molecule has 0 saturated carbocycles. The maximum atomic E-state index is 15.4. The van der Waals surface area contributed by atoms with Crippen LogP contribution in [0.3, 0.4) is 0 Å². The van der Waals surface area contributed by atoms with E-state index in [1.165, 1.54) is 18.2 Å². The summed E-state index contributed by atoms with van der Waals surface area (Å²) >= 11 is 8.32. The number of aliphatic hydroxyl groups is 2. The van der Waals surface area contributed by atoms with Crippen LogP contribution in [0.25, 0.3) is 54.5 Å². The van der Waals surface area contributed by atoms with Crippen LogP contribution >= 0.6 is 22.9 Å². The standard InChI is InChI=1S/C45H46ClFN10O5S.C15H14F3NO.CH4O/c1-24(2)39(44(59)56-14-4-5-29(56)22-58)57-21-35(53-54-57)26-8-6-25(7-9-26)23-62-40-37(30-12-13-34(47)41-36(30)32(18-48)42(49)63-41)33(46)17-31-38(40)51-45(61-16-15-60-3)52-43(31)55-19-27-10-11-28(20-55)50-27;1-19-13(8-20)9-2-4-10(5-3-9)14-11(16)6-7-12(17)15(14)18;1-2/h6-9,12-13,17,21-22,24,27-29,39,50H,4-5,10-11,14-16,19-20,23,49H2,1-3H3;2-7,13,19-20H,8H2,1H3;2H,1H3/t27?,28?,29-,39?;13-;/m00./s1. The summed E-state index contributed by atoms with van der Waals surface area (Å²) < 4.78 is 75.9. The maximum absolute atomic E-state index is 15.4. The predicted octanol–water partition coefficient (Wildman–Crippen LogP) is 9.58. The molecule has 8 aromatic rings. The molecule has 3 fully saturated rings. The number of likely N-dealkylation sites (N-methyl/N-ethyl adjacent to an activating group) is 1. The molecule has 0 aliphatic carbocycles. The number of hydrogen-bond acceptors (Lipinski definition) is 17. The smallest absolute Gasteiger partial charge is 0.319 e. The van der Waals surface area contributed by atoms with Crippen molar-refractivity contribution in [3.8, 4) is 51.3 Å². The molecule has 3 aliphatic rings. The first-order valence-electron chi connectivity index (χ1n) is 27.6. The molecule has 11 rings (SSSR count). The van der Waals surface area contributed by atoms with Crippen molar-refractivity contribution in [3.63, 3.8) is 0 Å². The molecule has 85 heavy (non-hydrogen) atoms. The molecule has 2 bridgehead atoms. The second-order valence-electron chi connectivity index (χ2n) is 20.9. The maximum Gasteiger partial charge on any atom is 0.319 e. The average Bonchev–Trinajstić information content (AvgIpc) is 2.60. The molecule has 446 valence electrons. The van der Waals surface area contributed by atoms with Gasteiger partial charge in [0, 0.05) is 67.8 Å². The highest BCUT2D eigenvalue weighted by atomic mass is 35.5. The number of nitrogen functional groups attached to an aromatic ring is 1. The van der Waals surface area contributed by atoms with Crippen molar-refractivity contribution in [2.75, 3.05) is 71.4 Å². The number of nitriles is 1. The Morgan fingerprint density at radius 3 is 2.29 bits per heavy atom. The Hall–Kier alpha value is -7.82. The third kappa shape index (κ3) is 12.9. The number of carbonyl (C=O) groups excluding carboxylic acids is 2. The Balaban J connectivity index is 0.000000331. The number of nitrogens with zero attached hydrogens (tertiary/aromatic N) is 8. The fourth-order valence-corrected chi connectivity index (χ4v) is 12.4. The predicted molar refractivity (Wildman–Crippen MR) is 317 cm³/mol. The number of halogens is 5. The van der Waals surface area contributed by atoms with Gasteiger partial charge in [0.2, 0.25) is 5.91 Å². The largest absolute Gasteiger partial charge is 0.486 e. The van der Waals surface area contributed by atoms with E-state index in [-0.39, 0.29) is 75.1 Å². The van der Waals surface area contributed by atoms with Gasteiger partial charge in [0.1, 0.15) is 65.3 Å². The van der Waals surface area contributed by atoms with Crippen molar-refractivity contribution >= 4 is 66.9 Å². The lowest BCUT2D eigenvalue weighted by atomic mass is 9.96. The van der Waals surface area contributed by atoms with Crippen LogP contribution in [0.15, 0.2) is 85.1 Å². The number of methoxy groups -OCH3 is 1. The molecule has 1 amide bonds. The topological polar surface area (TPSA) is 239 Å². The number of hydrogen-bond donors (Lipinski definition) is 5. The highest BCUT2D eigenvalue weighted by Crippen LogP contribution is 2.50. The van der Waals surface area contributed by atoms with Crippen molar-refractivity contribution in [1.82, 2.24) is 40.5 Å². The van der Waals surface area contributed by atoms with Crippen LogP contribution in [0.4, 0.5) is 28.4 Å². The SMILES string of the molecule is CN[C@@H](CO)c1ccc(-c2c(F)ccc(F)c2F)cc1.CO.COCCOc1nc(N2CC3CCC(C2)N3)c2cc(Cl)c(-c3ccc(F)c4sc(N)c(C#N)c34)c(OCc3ccc(-c4cn(C(C(=O)N5CCC[C@H]5C=O)C(C)C)nn4)cc3)c2n1. The second-order valence-corrected chi connectivity index (χ2v) is 22.4. The summed E-state index contributed by atoms with van der Waals surface area (Å²) in [5.41, 5.74) is 10.5. The highest BCUT2D eigenvalue weighted by Gasteiger charge is 2.37. The third-order valence-corrected chi connectivity index (χ3v) is 16.6. The summed E-state index contributed by atoms with van der Waals surface area (Å²) in [6, 6.07) is 21.9. The number of benzene rings is 5. The minimum absolute atomic E-state index is 0.0608. The van der Waals surface area contributed by atoms with E-state index in [0.29, 0.717) is 76.3 Å². The van der Waals surface area contributed by atoms with Crippen LogP contribution in [0.5, 0.6) is 11.8 Å². The molecule has 3 aromatic heterocycles. The molecule has 24 heteroatoms. The molecule has 5 atom stereocenters. The van der Waals surface area contributed by atoms with E-state index >= 15 is 4.39 Å². The number of piperazine rings is 1. The van der Waals surface area contributed by atoms with Crippen molar-refractivity contribution in [2.24, 2.45) is 5.92 Å². The summed E-state index contributed by atoms with van der Waals surface area (Å²) in [6.07, 6.45) is 6.16. The first-order chi connectivity index (χ1) is 41.1. The Kier molecular flexibility index (Phi) is 20.0. The van der Waals surface area contributed by atoms with Gasteiger partial charge in [-0.3, -0.25) is 4.79 Å². The lowest BCUT2D eigenvalue weighted by molar-refractivity contribution is -0.139. The van der Waals surface area contributed by atoms with E-state index in [1.54, 1.807) is 54.2 Å². The van der Waals surface area contributed by atoms with Crippen LogP contribution in [-0.2, 0) is 20.9 Å². The van der Waals surface area contributed by atoms with Crippen LogP contribution in [0, 0.1) is 40.5 Å². The zero-order valence-electron chi connectivity index (χ0n) is 47.3. The second kappa shape index (κ2) is 27.5. The number of nitrogens with two attached hydrogens (primary N) is 1. The van der Waals surface area contributed by atoms with Crippen molar-refractivity contribution in [1.29, 1.82) is 5.26 Å². The minimum atomic E-state index is -1.20. The number of rotatable bonds is 18. The Morgan fingerprint density at radius 2 is 1.64 bits per heavy atom. The van der Waals surface area contributed by atoms with Gasteiger partial charge in [0.05, 0.1) is 52.3 Å². The van der Waals surface area contributed by atoms with Gasteiger partial charge in [-0.15, -0.1) is 16.4 Å². The summed E-state index contributed by atoms with van der Waals surface area (Å²) in [5, 5.41) is 43.2. The van der Waals surface area contributed by atoms with Gasteiger partial charge < -0.3 is 55.4 Å². The van der Waals surface area contributed by atoms with E-state index in [1.807, 2.05) is 38.1 Å². The van der Waals surface area contributed by atoms with Gasteiger partial charge >= 0.3 is 6.01 Å². The number of thiophene rings is 1. The van der Waals surface area contributed by atoms with E-state index < -0.39 is 35.4 Å². The normalized spacial score (nSPS) is 17.1. The van der Waals surface area contributed by atoms with Gasteiger partial charge in [-0.25, -0.2) is 22.2 Å². The van der Waals surface area contributed by atoms with Crippen LogP contribution < -0.4 is 30.7 Å². The van der Waals surface area contributed by atoms with Gasteiger partial charge in [-0.2, -0.15) is 15.2 Å². The lowest BCUT2D eigenvalue weighted by Crippen LogP contribution is -2.51. The number of aromatic nitrogens is 5. The quantitative estimate of drug-likeness (QED) is 0.0233. The van der Waals surface area contributed by atoms with Gasteiger partial charge in [-0.1, -0.05) is 85.3 Å². The van der Waals surface area contributed by atoms with Crippen LogP contribution in [0.2, 0.25) is 5.02 Å². The minimum Gasteiger partial charge on any atom is -0.486 e. The van der Waals surface area contributed by atoms with Crippen molar-refractivity contribution in [2.45, 2.75) is 76.3 Å². The molecule has 0 spiro atoms. The molecule has 3 aliphatic heterocycles. The first kappa shape index (κ1) is 61.7. The zero-order chi connectivity index (χ0) is 60.6. The molecular formula is C61H64ClF4N11O7S. The number of ether oxygens (including phenoxy) is 3. The monoisotopic (exact) mass is 1210 g/mol. The number of aliphatic hydroxyl groups excluding tert-OH is 2. The van der Waals surface area contributed by atoms with Gasteiger partial charge in [0.25, 0.3) is 0 Å². The van der Waals surface area contributed by atoms with E-state index in [9.17, 15) is 28.0 Å². The molecule has 18 nitrogen and oxygen atoms in total. The van der Waals surface area contributed by atoms with Crippen LogP contribution in [0.1, 0.15) is 68.3 Å². The molecule has 3 unspecified atom stereocenters. The summed E-state index contributed by atoms with van der Waals surface area (Å²) in [7, 11) is 4.28. The Morgan fingerprint density at radius 1 is 0.941 bits per heavy atom. The number of aldehydes is 1. The lowest BCUT2D eigenvalue weighted by Gasteiger charge is -2.34. The summed E-state index contributed by atoms with van der Waals surface area (Å²) in [4.78, 5) is 39.1. The number of likely N-dealkylation sites (tertiary alicyclic amines) is 1. The number of fused-ring (bicyclic) bond motifs is 4. The van der Waals surface area contributed by atoms with Crippen molar-refractivity contribution < 1.29 is 51.6 Å². The molecule has 3 saturated heterocycles. The summed E-state index contributed by atoms with van der Waals surface area (Å²) in [5.74, 6) is -2.92. The van der Waals surface area contributed by atoms with Crippen molar-refractivity contribution in [3.05, 3.63) is 130 Å². The van der Waals surface area contributed by atoms with E-state index in [0.717, 1.165) is 85.9 Å². The molecule has 6 N–H and O–H groups in total. The third-order valence-electron chi connectivity index (χ3n) is 15.3. The fourth-order valence-electron chi connectivity index (χ4n) is 11.2. The average molecular weight is 1210 g/mol. The molecular weight excluding hydrogens is 1140 g/mol. The molecule has 6 heterocycles. The molecule has 0 radical (unpaired) electrons. The number of nitrogens with one attached hydrogen (secondary N) is 2. The highest BCUT2D eigenvalue weighted by molar-refractivity contribution is 7.23. The Bertz CT molecular complexity index is 3720. The fraction of sp³-hybridized carbons (Fsp3) is 0.361. The zero-order valence-corrected chi connectivity index (χ0v) is 48.9. The molecule has 5 aromatic carbocycles. The Labute approximate surface area is 497 Å². The van der Waals surface area contributed by atoms with E-state index in [2.05, 4.69) is 31.9 Å². The van der Waals surface area contributed by atoms with Gasteiger partial charge in [-0.05, 0) is 85.2 Å². The van der Waals surface area contributed by atoms with Gasteiger partial charge in [0.15, 0.2) is 17.4 Å². The number of anilines is 2. The number of amides is 1. The number of carbonyl (C=O) groups is 2. The van der Waals surface area contributed by atoms with Crippen LogP contribution in [-0.4, -0.2) is 131 Å².